The zero-order valence-corrected chi connectivity index (χ0v) is 21.8. The van der Waals surface area contributed by atoms with E-state index in [0.717, 1.165) is 28.8 Å². The van der Waals surface area contributed by atoms with Crippen LogP contribution in [0.5, 0.6) is 11.5 Å². The van der Waals surface area contributed by atoms with Crippen LogP contribution in [0, 0.1) is 11.6 Å². The maximum absolute atomic E-state index is 13.5. The van der Waals surface area contributed by atoms with E-state index in [1.54, 1.807) is 42.5 Å². The predicted molar refractivity (Wildman–Crippen MR) is 149 cm³/mol. The Bertz CT molecular complexity index is 1710. The minimum atomic E-state index is -0.638. The molecule has 2 N–H and O–H groups in total. The fourth-order valence-electron chi connectivity index (χ4n) is 4.18. The van der Waals surface area contributed by atoms with Gasteiger partial charge in [-0.2, -0.15) is 0 Å². The number of amides is 3. The van der Waals surface area contributed by atoms with Crippen molar-refractivity contribution in [3.63, 3.8) is 0 Å². The van der Waals surface area contributed by atoms with Crippen molar-refractivity contribution in [1.29, 1.82) is 0 Å². The molecule has 11 heteroatoms. The predicted octanol–water partition coefficient (Wildman–Crippen LogP) is 5.94. The molecule has 2 heterocycles. The molecule has 0 spiro atoms. The van der Waals surface area contributed by atoms with Crippen molar-refractivity contribution in [2.45, 2.75) is 4.90 Å². The molecule has 6 rings (SSSR count). The number of nitrogens with one attached hydrogen (secondary N) is 2. The summed E-state index contributed by atoms with van der Waals surface area (Å²) in [7, 11) is 0. The highest BCUT2D eigenvalue weighted by Crippen LogP contribution is 2.38. The summed E-state index contributed by atoms with van der Waals surface area (Å²) in [6.07, 6.45) is 0. The van der Waals surface area contributed by atoms with Crippen molar-refractivity contribution in [2.75, 3.05) is 22.3 Å². The van der Waals surface area contributed by atoms with E-state index < -0.39 is 23.4 Å². The number of fused-ring (bicyclic) bond motifs is 1. The number of anilines is 3. The van der Waals surface area contributed by atoms with Crippen LogP contribution >= 0.6 is 11.8 Å². The van der Waals surface area contributed by atoms with Crippen LogP contribution in [0.25, 0.3) is 0 Å². The van der Waals surface area contributed by atoms with E-state index in [-0.39, 0.29) is 29.0 Å². The third kappa shape index (κ3) is 5.35. The number of nitrogens with zero attached hydrogens (tertiary/aromatic N) is 1. The van der Waals surface area contributed by atoms with Crippen molar-refractivity contribution >= 4 is 46.5 Å². The molecule has 41 heavy (non-hydrogen) atoms. The molecule has 8 nitrogen and oxygen atoms in total. The molecule has 4 aromatic carbocycles. The number of hydrogen-bond acceptors (Lipinski definition) is 7. The first-order valence-corrected chi connectivity index (χ1v) is 13.1. The minimum Gasteiger partial charge on any atom is -0.454 e. The largest absolute Gasteiger partial charge is 0.454 e. The van der Waals surface area contributed by atoms with E-state index in [9.17, 15) is 23.2 Å². The second-order valence-electron chi connectivity index (χ2n) is 8.91. The zero-order chi connectivity index (χ0) is 28.5. The van der Waals surface area contributed by atoms with Gasteiger partial charge in [-0.05, 0) is 91.0 Å². The molecule has 2 aliphatic rings. The molecule has 0 aliphatic carbocycles. The Morgan fingerprint density at radius 2 is 1.39 bits per heavy atom. The monoisotopic (exact) mass is 571 g/mol. The summed E-state index contributed by atoms with van der Waals surface area (Å²) in [5, 5.41) is 5.74. The summed E-state index contributed by atoms with van der Waals surface area (Å²) in [4.78, 5) is 41.2. The van der Waals surface area contributed by atoms with Crippen LogP contribution in [0.4, 0.5) is 25.8 Å². The SMILES string of the molecule is O=C(Nc1ccc(SC2=C(Nc3ccc(F)cc3)C(=O)N(c3ccc(F)cc3)C2=O)cc1)c1ccc2c(c1)OCO2. The quantitative estimate of drug-likeness (QED) is 0.265. The number of benzene rings is 4. The standard InChI is InChI=1S/C30H19F2N3O5S/c31-18-2-6-20(7-3-18)33-26-27(30(38)35(29(26)37)22-10-4-19(32)5-11-22)41-23-12-8-21(9-13-23)34-28(36)17-1-14-24-25(15-17)40-16-39-24/h1-15,33H,16H2,(H,34,36). The molecule has 3 amide bonds. The van der Waals surface area contributed by atoms with Gasteiger partial charge in [0.15, 0.2) is 11.5 Å². The van der Waals surface area contributed by atoms with Gasteiger partial charge in [-0.25, -0.2) is 13.7 Å². The van der Waals surface area contributed by atoms with E-state index in [1.807, 2.05) is 0 Å². The van der Waals surface area contributed by atoms with E-state index in [1.165, 1.54) is 36.4 Å². The number of carbonyl (C=O) groups is 3. The average molecular weight is 572 g/mol. The Labute approximate surface area is 236 Å². The van der Waals surface area contributed by atoms with Crippen molar-refractivity contribution in [3.8, 4) is 11.5 Å². The first kappa shape index (κ1) is 26.1. The number of rotatable bonds is 7. The molecule has 0 aromatic heterocycles. The van der Waals surface area contributed by atoms with Gasteiger partial charge in [0.05, 0.1) is 5.69 Å². The van der Waals surface area contributed by atoms with E-state index in [2.05, 4.69) is 10.6 Å². The van der Waals surface area contributed by atoms with Crippen molar-refractivity contribution in [3.05, 3.63) is 119 Å². The fraction of sp³-hybridized carbons (Fsp3) is 0.0333. The van der Waals surface area contributed by atoms with Crippen LogP contribution in [0.2, 0.25) is 0 Å². The molecule has 2 aliphatic heterocycles. The highest BCUT2D eigenvalue weighted by Gasteiger charge is 2.40. The van der Waals surface area contributed by atoms with Gasteiger partial charge in [0.25, 0.3) is 17.7 Å². The summed E-state index contributed by atoms with van der Waals surface area (Å²) in [6, 6.07) is 22.0. The molecule has 0 fully saturated rings. The van der Waals surface area contributed by atoms with E-state index in [0.29, 0.717) is 33.3 Å². The second-order valence-corrected chi connectivity index (χ2v) is 9.99. The highest BCUT2D eigenvalue weighted by molar-refractivity contribution is 8.04. The van der Waals surface area contributed by atoms with Gasteiger partial charge in [-0.15, -0.1) is 0 Å². The molecule has 0 atom stereocenters. The van der Waals surface area contributed by atoms with Crippen LogP contribution in [-0.4, -0.2) is 24.5 Å². The molecule has 0 unspecified atom stereocenters. The van der Waals surface area contributed by atoms with Crippen LogP contribution in [0.15, 0.2) is 106 Å². The van der Waals surface area contributed by atoms with Crippen molar-refractivity contribution < 1.29 is 32.6 Å². The third-order valence-electron chi connectivity index (χ3n) is 6.21. The van der Waals surface area contributed by atoms with Crippen LogP contribution < -0.4 is 25.0 Å². The van der Waals surface area contributed by atoms with Crippen LogP contribution in [0.3, 0.4) is 0 Å². The summed E-state index contributed by atoms with van der Waals surface area (Å²) in [6.45, 7) is 0.104. The Morgan fingerprint density at radius 1 is 0.756 bits per heavy atom. The smallest absolute Gasteiger partial charge is 0.283 e. The Morgan fingerprint density at radius 3 is 2.10 bits per heavy atom. The second kappa shape index (κ2) is 10.8. The van der Waals surface area contributed by atoms with Crippen molar-refractivity contribution in [1.82, 2.24) is 0 Å². The molecule has 4 aromatic rings. The maximum Gasteiger partial charge on any atom is 0.283 e. The Balaban J connectivity index is 1.23. The summed E-state index contributed by atoms with van der Waals surface area (Å²) in [5.41, 5.74) is 1.51. The molecule has 0 bridgehead atoms. The van der Waals surface area contributed by atoms with Gasteiger partial charge in [0.1, 0.15) is 22.2 Å². The van der Waals surface area contributed by atoms with E-state index >= 15 is 0 Å². The molecular weight excluding hydrogens is 552 g/mol. The lowest BCUT2D eigenvalue weighted by Crippen LogP contribution is -2.32. The van der Waals surface area contributed by atoms with Gasteiger partial charge in [0, 0.05) is 21.8 Å². The minimum absolute atomic E-state index is 0.00359. The van der Waals surface area contributed by atoms with E-state index in [4.69, 9.17) is 9.47 Å². The lowest BCUT2D eigenvalue weighted by atomic mass is 10.2. The number of imide groups is 1. The highest BCUT2D eigenvalue weighted by atomic mass is 32.2. The van der Waals surface area contributed by atoms with Gasteiger partial charge < -0.3 is 20.1 Å². The first-order valence-electron chi connectivity index (χ1n) is 12.3. The summed E-state index contributed by atoms with van der Waals surface area (Å²) >= 11 is 1.05. The lowest BCUT2D eigenvalue weighted by molar-refractivity contribution is -0.120. The Hall–Kier alpha value is -5.16. The number of carbonyl (C=O) groups excluding carboxylic acids is 3. The third-order valence-corrected chi connectivity index (χ3v) is 7.30. The Kier molecular flexibility index (Phi) is 6.86. The van der Waals surface area contributed by atoms with Gasteiger partial charge in [-0.1, -0.05) is 11.8 Å². The van der Waals surface area contributed by atoms with Crippen LogP contribution in [-0.2, 0) is 9.59 Å². The topological polar surface area (TPSA) is 97.0 Å². The lowest BCUT2D eigenvalue weighted by Gasteiger charge is -2.15. The average Bonchev–Trinajstić information content (AvgIpc) is 3.54. The first-order chi connectivity index (χ1) is 19.9. The number of ether oxygens (including phenoxy) is 2. The van der Waals surface area contributed by atoms with Gasteiger partial charge >= 0.3 is 0 Å². The molecular formula is C30H19F2N3O5S. The van der Waals surface area contributed by atoms with Gasteiger partial charge in [-0.3, -0.25) is 14.4 Å². The zero-order valence-electron chi connectivity index (χ0n) is 21.0. The molecule has 0 saturated heterocycles. The molecule has 204 valence electrons. The molecule has 0 saturated carbocycles. The van der Waals surface area contributed by atoms with Crippen LogP contribution in [0.1, 0.15) is 10.4 Å². The van der Waals surface area contributed by atoms with Gasteiger partial charge in [0.2, 0.25) is 6.79 Å². The summed E-state index contributed by atoms with van der Waals surface area (Å²) < 4.78 is 37.5. The molecule has 0 radical (unpaired) electrons. The number of hydrogen-bond donors (Lipinski definition) is 2. The van der Waals surface area contributed by atoms with Crippen molar-refractivity contribution in [2.24, 2.45) is 0 Å². The normalized spacial score (nSPS) is 14.0. The summed E-state index contributed by atoms with van der Waals surface area (Å²) in [5.74, 6) is -1.48. The fourth-order valence-corrected chi connectivity index (χ4v) is 5.11. The maximum atomic E-state index is 13.5. The number of thioether (sulfide) groups is 1. The number of halogens is 2.